The molecule has 182 valence electrons. The number of carbonyl (C=O) groups excluding carboxylic acids is 4. The molecule has 2 N–H and O–H groups in total. The lowest BCUT2D eigenvalue weighted by molar-refractivity contribution is -0.147. The van der Waals surface area contributed by atoms with Crippen LogP contribution in [0.25, 0.3) is 10.8 Å². The van der Waals surface area contributed by atoms with Gasteiger partial charge in [-0.1, -0.05) is 49.7 Å². The zero-order chi connectivity index (χ0) is 25.0. The summed E-state index contributed by atoms with van der Waals surface area (Å²) in [4.78, 5) is 48.2. The number of benzene rings is 3. The van der Waals surface area contributed by atoms with Crippen molar-refractivity contribution in [1.82, 2.24) is 0 Å². The van der Waals surface area contributed by atoms with Crippen molar-refractivity contribution in [3.05, 3.63) is 72.3 Å². The first kappa shape index (κ1) is 25.4. The van der Waals surface area contributed by atoms with Crippen LogP contribution in [0.2, 0.25) is 0 Å². The van der Waals surface area contributed by atoms with Crippen molar-refractivity contribution in [3.63, 3.8) is 0 Å². The highest BCUT2D eigenvalue weighted by atomic mass is 16.5. The molecule has 0 saturated carbocycles. The van der Waals surface area contributed by atoms with Crippen molar-refractivity contribution in [1.29, 1.82) is 0 Å². The van der Waals surface area contributed by atoms with Gasteiger partial charge in [0.25, 0.3) is 5.91 Å². The minimum atomic E-state index is -0.654. The standard InChI is InChI=1S/C27H28N2O6/c1-2-3-17-34-27(33)20-11-13-21(14-12-20)28-24(30)15-16-26(32)35-18-25(31)29-23-10-6-8-19-7-4-5-9-22(19)23/h4-14H,2-3,15-18H2,1H3,(H,28,30)(H,29,31). The lowest BCUT2D eigenvalue weighted by Crippen LogP contribution is -2.22. The molecular formula is C27H28N2O6. The largest absolute Gasteiger partial charge is 0.462 e. The van der Waals surface area contributed by atoms with Crippen LogP contribution in [0.3, 0.4) is 0 Å². The number of rotatable bonds is 11. The molecule has 0 atom stereocenters. The first-order valence-corrected chi connectivity index (χ1v) is 11.5. The van der Waals surface area contributed by atoms with Gasteiger partial charge in [0.05, 0.1) is 18.6 Å². The molecule has 0 aliphatic rings. The summed E-state index contributed by atoms with van der Waals surface area (Å²) in [5.74, 6) is -1.92. The Morgan fingerprint density at radius 1 is 0.771 bits per heavy atom. The Labute approximate surface area is 203 Å². The van der Waals surface area contributed by atoms with E-state index >= 15 is 0 Å². The van der Waals surface area contributed by atoms with Gasteiger partial charge in [0, 0.05) is 23.2 Å². The van der Waals surface area contributed by atoms with Gasteiger partial charge in [-0.15, -0.1) is 0 Å². The van der Waals surface area contributed by atoms with E-state index in [-0.39, 0.29) is 18.7 Å². The van der Waals surface area contributed by atoms with Crippen molar-refractivity contribution in [2.24, 2.45) is 0 Å². The monoisotopic (exact) mass is 476 g/mol. The van der Waals surface area contributed by atoms with Gasteiger partial charge in [-0.3, -0.25) is 14.4 Å². The minimum Gasteiger partial charge on any atom is -0.462 e. The Bertz CT molecular complexity index is 1180. The van der Waals surface area contributed by atoms with Crippen molar-refractivity contribution in [2.45, 2.75) is 32.6 Å². The molecule has 0 aromatic heterocycles. The molecule has 8 nitrogen and oxygen atoms in total. The number of esters is 2. The smallest absolute Gasteiger partial charge is 0.338 e. The molecule has 0 spiro atoms. The molecule has 0 fully saturated rings. The number of hydrogen-bond donors (Lipinski definition) is 2. The summed E-state index contributed by atoms with van der Waals surface area (Å²) < 4.78 is 10.1. The van der Waals surface area contributed by atoms with Gasteiger partial charge in [-0.05, 0) is 42.1 Å². The second-order valence-electron chi connectivity index (χ2n) is 7.85. The fraction of sp³-hybridized carbons (Fsp3) is 0.259. The van der Waals surface area contributed by atoms with Gasteiger partial charge >= 0.3 is 11.9 Å². The molecule has 0 saturated heterocycles. The summed E-state index contributed by atoms with van der Waals surface area (Å²) in [5.41, 5.74) is 1.51. The van der Waals surface area contributed by atoms with E-state index in [1.165, 1.54) is 0 Å². The summed E-state index contributed by atoms with van der Waals surface area (Å²) in [6, 6.07) is 19.5. The van der Waals surface area contributed by atoms with E-state index in [0.29, 0.717) is 23.5 Å². The maximum Gasteiger partial charge on any atom is 0.338 e. The topological polar surface area (TPSA) is 111 Å². The van der Waals surface area contributed by atoms with E-state index in [0.717, 1.165) is 23.6 Å². The lowest BCUT2D eigenvalue weighted by atomic mass is 10.1. The number of hydrogen-bond acceptors (Lipinski definition) is 6. The molecule has 3 rings (SSSR count). The molecule has 35 heavy (non-hydrogen) atoms. The van der Waals surface area contributed by atoms with Crippen molar-refractivity contribution in [3.8, 4) is 0 Å². The predicted octanol–water partition coefficient (Wildman–Crippen LogP) is 4.70. The molecule has 3 aromatic carbocycles. The fourth-order valence-corrected chi connectivity index (χ4v) is 3.26. The van der Waals surface area contributed by atoms with E-state index in [2.05, 4.69) is 10.6 Å². The third-order valence-corrected chi connectivity index (χ3v) is 5.12. The molecule has 0 radical (unpaired) electrons. The Morgan fingerprint density at radius 3 is 2.29 bits per heavy atom. The van der Waals surface area contributed by atoms with Gasteiger partial charge in [-0.2, -0.15) is 0 Å². The quantitative estimate of drug-likeness (QED) is 0.307. The molecular weight excluding hydrogens is 448 g/mol. The van der Waals surface area contributed by atoms with Crippen LogP contribution < -0.4 is 10.6 Å². The van der Waals surface area contributed by atoms with Crippen molar-refractivity contribution < 1.29 is 28.7 Å². The van der Waals surface area contributed by atoms with E-state index in [1.54, 1.807) is 30.3 Å². The minimum absolute atomic E-state index is 0.107. The predicted molar refractivity (Wildman–Crippen MR) is 133 cm³/mol. The van der Waals surface area contributed by atoms with E-state index in [9.17, 15) is 19.2 Å². The van der Waals surface area contributed by atoms with Crippen LogP contribution in [-0.2, 0) is 23.9 Å². The highest BCUT2D eigenvalue weighted by Gasteiger charge is 2.12. The van der Waals surface area contributed by atoms with E-state index in [4.69, 9.17) is 9.47 Å². The summed E-state index contributed by atoms with van der Waals surface area (Å²) in [6.07, 6.45) is 1.46. The van der Waals surface area contributed by atoms with Crippen LogP contribution in [0.5, 0.6) is 0 Å². The summed E-state index contributed by atoms with van der Waals surface area (Å²) >= 11 is 0. The molecule has 0 heterocycles. The fourth-order valence-electron chi connectivity index (χ4n) is 3.26. The number of ether oxygens (including phenoxy) is 2. The number of carbonyl (C=O) groups is 4. The second kappa shape index (κ2) is 12.9. The molecule has 8 heteroatoms. The summed E-state index contributed by atoms with van der Waals surface area (Å²) in [5, 5.41) is 7.25. The highest BCUT2D eigenvalue weighted by molar-refractivity contribution is 6.03. The first-order valence-electron chi connectivity index (χ1n) is 11.5. The number of fused-ring (bicyclic) bond motifs is 1. The maximum atomic E-state index is 12.2. The zero-order valence-electron chi connectivity index (χ0n) is 19.5. The van der Waals surface area contributed by atoms with Gasteiger partial charge < -0.3 is 20.1 Å². The second-order valence-corrected chi connectivity index (χ2v) is 7.85. The Morgan fingerprint density at radius 2 is 1.51 bits per heavy atom. The molecule has 2 amide bonds. The third kappa shape index (κ3) is 7.96. The van der Waals surface area contributed by atoms with Crippen LogP contribution in [-0.4, -0.2) is 37.0 Å². The van der Waals surface area contributed by atoms with E-state index in [1.807, 2.05) is 43.3 Å². The molecule has 0 bridgehead atoms. The normalized spacial score (nSPS) is 10.4. The average Bonchev–Trinajstić information content (AvgIpc) is 2.87. The number of nitrogens with one attached hydrogen (secondary N) is 2. The first-order chi connectivity index (χ1) is 17.0. The zero-order valence-corrected chi connectivity index (χ0v) is 19.5. The van der Waals surface area contributed by atoms with Crippen LogP contribution in [0.4, 0.5) is 11.4 Å². The molecule has 0 aliphatic heterocycles. The average molecular weight is 477 g/mol. The maximum absolute atomic E-state index is 12.2. The number of anilines is 2. The summed E-state index contributed by atoms with van der Waals surface area (Å²) in [6.45, 7) is 1.93. The van der Waals surface area contributed by atoms with Crippen LogP contribution >= 0.6 is 0 Å². The lowest BCUT2D eigenvalue weighted by Gasteiger charge is -2.09. The number of unbranched alkanes of at least 4 members (excludes halogenated alkanes) is 1. The molecule has 3 aromatic rings. The third-order valence-electron chi connectivity index (χ3n) is 5.12. The van der Waals surface area contributed by atoms with Crippen molar-refractivity contribution in [2.75, 3.05) is 23.8 Å². The molecule has 0 aliphatic carbocycles. The van der Waals surface area contributed by atoms with Gasteiger partial charge in [0.15, 0.2) is 6.61 Å². The molecule has 0 unspecified atom stereocenters. The van der Waals surface area contributed by atoms with Gasteiger partial charge in [0.2, 0.25) is 5.91 Å². The Kier molecular flexibility index (Phi) is 9.36. The highest BCUT2D eigenvalue weighted by Crippen LogP contribution is 2.22. The summed E-state index contributed by atoms with van der Waals surface area (Å²) in [7, 11) is 0. The van der Waals surface area contributed by atoms with Gasteiger partial charge in [0.1, 0.15) is 0 Å². The van der Waals surface area contributed by atoms with Crippen LogP contribution in [0, 0.1) is 0 Å². The van der Waals surface area contributed by atoms with Crippen LogP contribution in [0.15, 0.2) is 66.7 Å². The SMILES string of the molecule is CCCCOC(=O)c1ccc(NC(=O)CCC(=O)OCC(=O)Nc2cccc3ccccc23)cc1. The Hall–Kier alpha value is -4.20. The van der Waals surface area contributed by atoms with Crippen molar-refractivity contribution >= 4 is 45.9 Å². The van der Waals surface area contributed by atoms with Crippen LogP contribution in [0.1, 0.15) is 43.0 Å². The van der Waals surface area contributed by atoms with E-state index < -0.39 is 24.5 Å². The number of amides is 2. The Balaban J connectivity index is 1.38. The van der Waals surface area contributed by atoms with Gasteiger partial charge in [-0.25, -0.2) is 4.79 Å².